The van der Waals surface area contributed by atoms with Gasteiger partial charge in [0.1, 0.15) is 10.8 Å². The first-order valence-corrected chi connectivity index (χ1v) is 10.8. The van der Waals surface area contributed by atoms with Gasteiger partial charge in [-0.15, -0.1) is 10.2 Å². The summed E-state index contributed by atoms with van der Waals surface area (Å²) in [7, 11) is 0. The molecular weight excluding hydrogens is 417 g/mol. The van der Waals surface area contributed by atoms with E-state index in [0.29, 0.717) is 36.8 Å². The first kappa shape index (κ1) is 21.1. The highest BCUT2D eigenvalue weighted by Crippen LogP contribution is 2.15. The molecule has 7 nitrogen and oxygen atoms in total. The van der Waals surface area contributed by atoms with Gasteiger partial charge in [-0.1, -0.05) is 41.7 Å². The minimum atomic E-state index is -0.311. The average molecular weight is 440 g/mol. The molecular formula is C22H22FN5O2S. The minimum Gasteiger partial charge on any atom is -0.346 e. The van der Waals surface area contributed by atoms with E-state index in [9.17, 15) is 14.0 Å². The van der Waals surface area contributed by atoms with Crippen LogP contribution in [0.5, 0.6) is 0 Å². The molecule has 2 aromatic carbocycles. The molecule has 160 valence electrons. The molecule has 0 saturated carbocycles. The molecule has 2 amide bonds. The maximum atomic E-state index is 13.0. The Morgan fingerprint density at radius 3 is 2.39 bits per heavy atom. The SMILES string of the molecule is O=C(NCc1ccc(F)cc1)c1nnc(CN2CCN(C(=O)c3ccccc3)CC2)s1. The maximum absolute atomic E-state index is 13.0. The quantitative estimate of drug-likeness (QED) is 0.639. The highest BCUT2D eigenvalue weighted by molar-refractivity contribution is 7.13. The van der Waals surface area contributed by atoms with E-state index in [2.05, 4.69) is 20.4 Å². The molecule has 0 aliphatic carbocycles. The predicted molar refractivity (Wildman–Crippen MR) is 115 cm³/mol. The van der Waals surface area contributed by atoms with Crippen LogP contribution in [0.4, 0.5) is 4.39 Å². The summed E-state index contributed by atoms with van der Waals surface area (Å²) in [5, 5.41) is 12.0. The first-order valence-electron chi connectivity index (χ1n) is 10.0. The van der Waals surface area contributed by atoms with Gasteiger partial charge in [0.2, 0.25) is 5.01 Å². The van der Waals surface area contributed by atoms with Crippen molar-refractivity contribution in [3.05, 3.63) is 81.6 Å². The number of benzene rings is 2. The molecule has 0 atom stereocenters. The molecule has 0 spiro atoms. The van der Waals surface area contributed by atoms with E-state index < -0.39 is 0 Å². The van der Waals surface area contributed by atoms with Crippen molar-refractivity contribution in [2.24, 2.45) is 0 Å². The second-order valence-corrected chi connectivity index (χ2v) is 8.31. The van der Waals surface area contributed by atoms with Crippen LogP contribution < -0.4 is 5.32 Å². The fraction of sp³-hybridized carbons (Fsp3) is 0.273. The summed E-state index contributed by atoms with van der Waals surface area (Å²) in [4.78, 5) is 28.9. The van der Waals surface area contributed by atoms with Gasteiger partial charge in [-0.3, -0.25) is 14.5 Å². The molecule has 0 radical (unpaired) electrons. The number of aromatic nitrogens is 2. The zero-order valence-electron chi connectivity index (χ0n) is 16.8. The van der Waals surface area contributed by atoms with Crippen molar-refractivity contribution in [1.29, 1.82) is 0 Å². The van der Waals surface area contributed by atoms with Crippen LogP contribution in [0.2, 0.25) is 0 Å². The van der Waals surface area contributed by atoms with E-state index in [1.54, 1.807) is 12.1 Å². The fourth-order valence-corrected chi connectivity index (χ4v) is 4.13. The van der Waals surface area contributed by atoms with Crippen LogP contribution in [-0.2, 0) is 13.1 Å². The Labute approximate surface area is 183 Å². The number of carbonyl (C=O) groups is 2. The van der Waals surface area contributed by atoms with Crippen LogP contribution in [0.1, 0.15) is 30.7 Å². The summed E-state index contributed by atoms with van der Waals surface area (Å²) in [6.45, 7) is 3.67. The number of amides is 2. The largest absolute Gasteiger partial charge is 0.346 e. The molecule has 1 aliphatic heterocycles. The van der Waals surface area contributed by atoms with Crippen molar-refractivity contribution >= 4 is 23.2 Å². The zero-order valence-corrected chi connectivity index (χ0v) is 17.6. The van der Waals surface area contributed by atoms with E-state index in [-0.39, 0.29) is 17.6 Å². The van der Waals surface area contributed by atoms with Gasteiger partial charge < -0.3 is 10.2 Å². The van der Waals surface area contributed by atoms with Crippen molar-refractivity contribution in [3.63, 3.8) is 0 Å². The van der Waals surface area contributed by atoms with Gasteiger partial charge in [-0.2, -0.15) is 0 Å². The summed E-state index contributed by atoms with van der Waals surface area (Å²) in [5.74, 6) is -0.559. The Hall–Kier alpha value is -3.17. The fourth-order valence-electron chi connectivity index (χ4n) is 3.33. The van der Waals surface area contributed by atoms with Gasteiger partial charge in [-0.25, -0.2) is 4.39 Å². The number of carbonyl (C=O) groups excluding carboxylic acids is 2. The third kappa shape index (κ3) is 5.50. The van der Waals surface area contributed by atoms with Gasteiger partial charge in [0.05, 0.1) is 6.54 Å². The maximum Gasteiger partial charge on any atom is 0.282 e. The van der Waals surface area contributed by atoms with Crippen LogP contribution in [0.3, 0.4) is 0 Å². The third-order valence-electron chi connectivity index (χ3n) is 5.07. The summed E-state index contributed by atoms with van der Waals surface area (Å²) < 4.78 is 13.0. The lowest BCUT2D eigenvalue weighted by Crippen LogP contribution is -2.48. The zero-order chi connectivity index (χ0) is 21.6. The van der Waals surface area contributed by atoms with Crippen molar-refractivity contribution in [2.45, 2.75) is 13.1 Å². The summed E-state index contributed by atoms with van der Waals surface area (Å²) in [5.41, 5.74) is 1.51. The lowest BCUT2D eigenvalue weighted by molar-refractivity contribution is 0.0628. The second-order valence-electron chi connectivity index (χ2n) is 7.24. The summed E-state index contributed by atoms with van der Waals surface area (Å²) >= 11 is 1.26. The van der Waals surface area contributed by atoms with Crippen molar-refractivity contribution in [2.75, 3.05) is 26.2 Å². The van der Waals surface area contributed by atoms with Gasteiger partial charge >= 0.3 is 0 Å². The highest BCUT2D eigenvalue weighted by atomic mass is 32.1. The van der Waals surface area contributed by atoms with Crippen LogP contribution in [0.25, 0.3) is 0 Å². The van der Waals surface area contributed by atoms with Gasteiger partial charge in [0, 0.05) is 38.3 Å². The molecule has 1 aliphatic rings. The minimum absolute atomic E-state index is 0.0521. The molecule has 2 heterocycles. The molecule has 3 aromatic rings. The molecule has 31 heavy (non-hydrogen) atoms. The lowest BCUT2D eigenvalue weighted by atomic mass is 10.2. The number of rotatable bonds is 6. The highest BCUT2D eigenvalue weighted by Gasteiger charge is 2.23. The molecule has 1 fully saturated rings. The Balaban J connectivity index is 1.25. The average Bonchev–Trinajstić information content (AvgIpc) is 3.28. The Bertz CT molecular complexity index is 1030. The van der Waals surface area contributed by atoms with Crippen LogP contribution >= 0.6 is 11.3 Å². The van der Waals surface area contributed by atoms with Crippen molar-refractivity contribution in [3.8, 4) is 0 Å². The van der Waals surface area contributed by atoms with Crippen LogP contribution in [-0.4, -0.2) is 58.0 Å². The number of nitrogens with zero attached hydrogens (tertiary/aromatic N) is 4. The normalized spacial score (nSPS) is 14.4. The third-order valence-corrected chi connectivity index (χ3v) is 5.97. The molecule has 1 saturated heterocycles. The van der Waals surface area contributed by atoms with Crippen LogP contribution in [0.15, 0.2) is 54.6 Å². The van der Waals surface area contributed by atoms with Crippen molar-refractivity contribution in [1.82, 2.24) is 25.3 Å². The summed E-state index contributed by atoms with van der Waals surface area (Å²) in [6, 6.07) is 15.3. The Kier molecular flexibility index (Phi) is 6.63. The molecule has 9 heteroatoms. The number of piperazine rings is 1. The Morgan fingerprint density at radius 2 is 1.68 bits per heavy atom. The van der Waals surface area contributed by atoms with E-state index in [1.807, 2.05) is 35.2 Å². The standard InChI is InChI=1S/C22H22FN5O2S/c23-18-8-6-16(7-9-18)14-24-20(29)21-26-25-19(31-21)15-27-10-12-28(13-11-27)22(30)17-4-2-1-3-5-17/h1-9H,10-15H2,(H,24,29). The smallest absolute Gasteiger partial charge is 0.282 e. The van der Waals surface area contributed by atoms with E-state index >= 15 is 0 Å². The van der Waals surface area contributed by atoms with E-state index in [0.717, 1.165) is 23.7 Å². The molecule has 1 N–H and O–H groups in total. The van der Waals surface area contributed by atoms with Gasteiger partial charge in [0.15, 0.2) is 0 Å². The Morgan fingerprint density at radius 1 is 0.968 bits per heavy atom. The van der Waals surface area contributed by atoms with Crippen molar-refractivity contribution < 1.29 is 14.0 Å². The first-order chi connectivity index (χ1) is 15.1. The topological polar surface area (TPSA) is 78.4 Å². The number of nitrogens with one attached hydrogen (secondary N) is 1. The van der Waals surface area contributed by atoms with Gasteiger partial charge in [0.25, 0.3) is 11.8 Å². The molecule has 0 unspecified atom stereocenters. The number of hydrogen-bond acceptors (Lipinski definition) is 6. The second kappa shape index (κ2) is 9.76. The number of hydrogen-bond donors (Lipinski definition) is 1. The van der Waals surface area contributed by atoms with Gasteiger partial charge in [-0.05, 0) is 29.8 Å². The molecule has 4 rings (SSSR count). The molecule has 0 bridgehead atoms. The van der Waals surface area contributed by atoms with Crippen LogP contribution in [0, 0.1) is 5.82 Å². The number of halogens is 1. The monoisotopic (exact) mass is 439 g/mol. The molecule has 1 aromatic heterocycles. The van der Waals surface area contributed by atoms with E-state index in [1.165, 1.54) is 23.5 Å². The predicted octanol–water partition coefficient (Wildman–Crippen LogP) is 2.57. The van der Waals surface area contributed by atoms with E-state index in [4.69, 9.17) is 0 Å². The summed E-state index contributed by atoms with van der Waals surface area (Å²) in [6.07, 6.45) is 0. The lowest BCUT2D eigenvalue weighted by Gasteiger charge is -2.34.